The van der Waals surface area contributed by atoms with Crippen LogP contribution in [-0.2, 0) is 12.0 Å². The summed E-state index contributed by atoms with van der Waals surface area (Å²) in [6.45, 7) is 4.51. The molecule has 1 saturated carbocycles. The first kappa shape index (κ1) is 24.5. The van der Waals surface area contributed by atoms with Gasteiger partial charge in [-0.15, -0.1) is 0 Å². The average Bonchev–Trinajstić information content (AvgIpc) is 3.35. The maximum atomic E-state index is 13.5. The fourth-order valence-electron chi connectivity index (χ4n) is 4.64. The minimum absolute atomic E-state index is 0.210. The standard InChI is InChI=1S/C27H30Cl2N4O/c1-3-18(2)32-26-31-17-22(25(34)30-16-19-11-12-21(28)15-23(19)29)24(33-26)27(13-7-8-14-27)20-9-5-4-6-10-20/h4-6,9-12,15,17-18H,3,7-8,13-14,16H2,1-2H3,(H,30,34)(H,31,32,33). The topological polar surface area (TPSA) is 66.9 Å². The first-order chi connectivity index (χ1) is 16.4. The predicted molar refractivity (Wildman–Crippen MR) is 139 cm³/mol. The molecule has 1 amide bonds. The average molecular weight is 497 g/mol. The van der Waals surface area contributed by atoms with Crippen LogP contribution >= 0.6 is 23.2 Å². The normalized spacial score (nSPS) is 15.6. The Balaban J connectivity index is 1.72. The zero-order valence-corrected chi connectivity index (χ0v) is 21.1. The van der Waals surface area contributed by atoms with Crippen molar-refractivity contribution in [3.8, 4) is 0 Å². The number of halogens is 2. The molecule has 7 heteroatoms. The molecule has 1 fully saturated rings. The van der Waals surface area contributed by atoms with E-state index in [4.69, 9.17) is 28.2 Å². The fraction of sp³-hybridized carbons (Fsp3) is 0.370. The summed E-state index contributed by atoms with van der Waals surface area (Å²) >= 11 is 12.3. The molecule has 0 saturated heterocycles. The smallest absolute Gasteiger partial charge is 0.255 e. The van der Waals surface area contributed by atoms with Crippen LogP contribution in [0, 0.1) is 0 Å². The highest BCUT2D eigenvalue weighted by molar-refractivity contribution is 6.35. The molecule has 2 aromatic carbocycles. The fourth-order valence-corrected chi connectivity index (χ4v) is 5.11. The van der Waals surface area contributed by atoms with E-state index < -0.39 is 0 Å². The highest BCUT2D eigenvalue weighted by Crippen LogP contribution is 2.47. The Morgan fingerprint density at radius 3 is 2.53 bits per heavy atom. The first-order valence-corrected chi connectivity index (χ1v) is 12.6. The van der Waals surface area contributed by atoms with Crippen molar-refractivity contribution in [3.05, 3.63) is 87.2 Å². The molecular weight excluding hydrogens is 467 g/mol. The number of aromatic nitrogens is 2. The maximum absolute atomic E-state index is 13.5. The van der Waals surface area contributed by atoms with E-state index in [0.29, 0.717) is 28.1 Å². The second-order valence-electron chi connectivity index (χ2n) is 8.98. The van der Waals surface area contributed by atoms with Crippen LogP contribution in [-0.4, -0.2) is 21.9 Å². The Morgan fingerprint density at radius 2 is 1.85 bits per heavy atom. The molecule has 34 heavy (non-hydrogen) atoms. The molecule has 0 bridgehead atoms. The van der Waals surface area contributed by atoms with Crippen molar-refractivity contribution in [1.82, 2.24) is 15.3 Å². The lowest BCUT2D eigenvalue weighted by Crippen LogP contribution is -2.33. The summed E-state index contributed by atoms with van der Waals surface area (Å²) in [5.41, 5.74) is 2.97. The number of nitrogens with zero attached hydrogens (tertiary/aromatic N) is 2. The number of benzene rings is 2. The lowest BCUT2D eigenvalue weighted by atomic mass is 9.74. The van der Waals surface area contributed by atoms with E-state index in [1.165, 1.54) is 5.56 Å². The van der Waals surface area contributed by atoms with Crippen molar-refractivity contribution in [2.24, 2.45) is 0 Å². The van der Waals surface area contributed by atoms with Crippen LogP contribution in [0.4, 0.5) is 5.95 Å². The number of amides is 1. The predicted octanol–water partition coefficient (Wildman–Crippen LogP) is 6.78. The van der Waals surface area contributed by atoms with Gasteiger partial charge in [-0.05, 0) is 49.4 Å². The van der Waals surface area contributed by atoms with Gasteiger partial charge in [0, 0.05) is 34.2 Å². The largest absolute Gasteiger partial charge is 0.352 e. The molecule has 0 spiro atoms. The summed E-state index contributed by atoms with van der Waals surface area (Å²) in [6, 6.07) is 15.9. The molecule has 5 nitrogen and oxygen atoms in total. The van der Waals surface area contributed by atoms with Crippen LogP contribution in [0.5, 0.6) is 0 Å². The highest BCUT2D eigenvalue weighted by Gasteiger charge is 2.41. The number of carbonyl (C=O) groups is 1. The van der Waals surface area contributed by atoms with Crippen molar-refractivity contribution in [1.29, 1.82) is 0 Å². The Bertz CT molecular complexity index is 1150. The van der Waals surface area contributed by atoms with Gasteiger partial charge in [-0.1, -0.05) is 79.4 Å². The van der Waals surface area contributed by atoms with Gasteiger partial charge < -0.3 is 10.6 Å². The Morgan fingerprint density at radius 1 is 1.12 bits per heavy atom. The minimum Gasteiger partial charge on any atom is -0.352 e. The monoisotopic (exact) mass is 496 g/mol. The number of nitrogens with one attached hydrogen (secondary N) is 2. The van der Waals surface area contributed by atoms with Gasteiger partial charge in [0.1, 0.15) is 0 Å². The zero-order valence-electron chi connectivity index (χ0n) is 19.6. The lowest BCUT2D eigenvalue weighted by molar-refractivity contribution is 0.0947. The summed E-state index contributed by atoms with van der Waals surface area (Å²) in [7, 11) is 0. The molecule has 1 heterocycles. The third-order valence-corrected chi connectivity index (χ3v) is 7.30. The molecule has 4 rings (SSSR count). The second-order valence-corrected chi connectivity index (χ2v) is 9.83. The molecule has 0 aliphatic heterocycles. The molecule has 1 unspecified atom stereocenters. The van der Waals surface area contributed by atoms with Crippen LogP contribution in [0.15, 0.2) is 54.7 Å². The summed E-state index contributed by atoms with van der Waals surface area (Å²) in [5, 5.41) is 7.47. The lowest BCUT2D eigenvalue weighted by Gasteiger charge is -2.31. The van der Waals surface area contributed by atoms with Crippen LogP contribution in [0.1, 0.15) is 73.1 Å². The summed E-state index contributed by atoms with van der Waals surface area (Å²) < 4.78 is 0. The van der Waals surface area contributed by atoms with Crippen LogP contribution in [0.25, 0.3) is 0 Å². The first-order valence-electron chi connectivity index (χ1n) is 11.8. The second kappa shape index (κ2) is 10.7. The molecule has 2 N–H and O–H groups in total. The molecular formula is C27H30Cl2N4O. The van der Waals surface area contributed by atoms with Crippen molar-refractivity contribution in [2.75, 3.05) is 5.32 Å². The van der Waals surface area contributed by atoms with E-state index in [2.05, 4.69) is 53.7 Å². The summed E-state index contributed by atoms with van der Waals surface area (Å²) in [4.78, 5) is 22.9. The van der Waals surface area contributed by atoms with Gasteiger partial charge >= 0.3 is 0 Å². The molecule has 3 aromatic rings. The highest BCUT2D eigenvalue weighted by atomic mass is 35.5. The molecule has 1 aromatic heterocycles. The van der Waals surface area contributed by atoms with Crippen molar-refractivity contribution in [2.45, 2.75) is 64.0 Å². The molecule has 1 aliphatic rings. The molecule has 0 radical (unpaired) electrons. The van der Waals surface area contributed by atoms with Crippen LogP contribution < -0.4 is 10.6 Å². The van der Waals surface area contributed by atoms with Crippen molar-refractivity contribution < 1.29 is 4.79 Å². The molecule has 1 aliphatic carbocycles. The maximum Gasteiger partial charge on any atom is 0.255 e. The van der Waals surface area contributed by atoms with Gasteiger partial charge in [-0.3, -0.25) is 4.79 Å². The number of rotatable bonds is 8. The van der Waals surface area contributed by atoms with Gasteiger partial charge in [-0.2, -0.15) is 0 Å². The Kier molecular flexibility index (Phi) is 7.74. The Hall–Kier alpha value is -2.63. The number of carbonyl (C=O) groups excluding carboxylic acids is 1. The van der Waals surface area contributed by atoms with Gasteiger partial charge in [0.2, 0.25) is 5.95 Å². The quantitative estimate of drug-likeness (QED) is 0.360. The third kappa shape index (κ3) is 5.21. The number of anilines is 1. The van der Waals surface area contributed by atoms with Gasteiger partial charge in [0.15, 0.2) is 0 Å². The SMILES string of the molecule is CCC(C)Nc1ncc(C(=O)NCc2ccc(Cl)cc2Cl)c(C2(c3ccccc3)CCCC2)n1. The third-order valence-electron chi connectivity index (χ3n) is 6.71. The number of hydrogen-bond donors (Lipinski definition) is 2. The van der Waals surface area contributed by atoms with Gasteiger partial charge in [0.05, 0.1) is 11.3 Å². The minimum atomic E-state index is -0.319. The van der Waals surface area contributed by atoms with E-state index in [1.807, 2.05) is 12.1 Å². The van der Waals surface area contributed by atoms with E-state index >= 15 is 0 Å². The molecule has 1 atom stereocenters. The van der Waals surface area contributed by atoms with Crippen LogP contribution in [0.3, 0.4) is 0 Å². The van der Waals surface area contributed by atoms with E-state index in [-0.39, 0.29) is 17.4 Å². The van der Waals surface area contributed by atoms with Gasteiger partial charge in [0.25, 0.3) is 5.91 Å². The van der Waals surface area contributed by atoms with E-state index in [0.717, 1.165) is 43.4 Å². The van der Waals surface area contributed by atoms with Crippen LogP contribution in [0.2, 0.25) is 10.0 Å². The zero-order chi connectivity index (χ0) is 24.1. The van der Waals surface area contributed by atoms with Crippen molar-refractivity contribution in [3.63, 3.8) is 0 Å². The Labute approximate surface area is 211 Å². The summed E-state index contributed by atoms with van der Waals surface area (Å²) in [5.74, 6) is 0.349. The number of hydrogen-bond acceptors (Lipinski definition) is 4. The summed E-state index contributed by atoms with van der Waals surface area (Å²) in [6.07, 6.45) is 6.69. The van der Waals surface area contributed by atoms with Gasteiger partial charge in [-0.25, -0.2) is 9.97 Å². The van der Waals surface area contributed by atoms with E-state index in [9.17, 15) is 4.79 Å². The van der Waals surface area contributed by atoms with E-state index in [1.54, 1.807) is 18.3 Å². The molecule has 178 valence electrons. The van der Waals surface area contributed by atoms with Crippen molar-refractivity contribution >= 4 is 35.1 Å².